The number of hydrogen-bond donors (Lipinski definition) is 1. The summed E-state index contributed by atoms with van der Waals surface area (Å²) in [7, 11) is 3.25. The summed E-state index contributed by atoms with van der Waals surface area (Å²) >= 11 is 6.10. The fourth-order valence-electron chi connectivity index (χ4n) is 3.03. The number of benzene rings is 2. The van der Waals surface area contributed by atoms with E-state index >= 15 is 0 Å². The van der Waals surface area contributed by atoms with E-state index in [4.69, 9.17) is 16.3 Å². The van der Waals surface area contributed by atoms with Gasteiger partial charge in [-0.3, -0.25) is 14.4 Å². The minimum atomic E-state index is -0.608. The molecule has 0 spiro atoms. The summed E-state index contributed by atoms with van der Waals surface area (Å²) in [4.78, 5) is 40.1. The predicted octanol–water partition coefficient (Wildman–Crippen LogP) is 3.18. The average Bonchev–Trinajstić information content (AvgIpc) is 2.69. The van der Waals surface area contributed by atoms with Gasteiger partial charge in [-0.15, -0.1) is 0 Å². The Labute approximate surface area is 174 Å². The molecule has 0 aromatic heterocycles. The molecule has 0 fully saturated rings. The largest absolute Gasteiger partial charge is 0.479 e. The Morgan fingerprint density at radius 2 is 1.93 bits per heavy atom. The fourth-order valence-corrected chi connectivity index (χ4v) is 3.23. The van der Waals surface area contributed by atoms with Crippen molar-refractivity contribution in [3.8, 4) is 5.75 Å². The van der Waals surface area contributed by atoms with Crippen LogP contribution in [-0.2, 0) is 9.59 Å². The number of para-hydroxylation sites is 2. The Kier molecular flexibility index (Phi) is 6.08. The third-order valence-corrected chi connectivity index (χ3v) is 4.85. The summed E-state index contributed by atoms with van der Waals surface area (Å²) in [6, 6.07) is 12.0. The SMILES string of the molecule is CC1Oc2ccccc2N(CCC(=O)Nc2ccc(Cl)c(C(=O)N(C)C)c2)C1=O. The van der Waals surface area contributed by atoms with Crippen molar-refractivity contribution in [3.05, 3.63) is 53.1 Å². The quantitative estimate of drug-likeness (QED) is 0.813. The molecule has 0 saturated heterocycles. The van der Waals surface area contributed by atoms with Crippen LogP contribution in [0.1, 0.15) is 23.7 Å². The zero-order valence-corrected chi connectivity index (χ0v) is 17.2. The van der Waals surface area contributed by atoms with E-state index in [-0.39, 0.29) is 30.7 Å². The Morgan fingerprint density at radius 3 is 2.66 bits per heavy atom. The lowest BCUT2D eigenvalue weighted by Gasteiger charge is -2.32. The van der Waals surface area contributed by atoms with E-state index in [1.165, 1.54) is 4.90 Å². The van der Waals surface area contributed by atoms with Crippen molar-refractivity contribution < 1.29 is 19.1 Å². The highest BCUT2D eigenvalue weighted by Crippen LogP contribution is 2.33. The number of fused-ring (bicyclic) bond motifs is 1. The number of nitrogens with zero attached hydrogens (tertiary/aromatic N) is 2. The lowest BCUT2D eigenvalue weighted by atomic mass is 10.1. The van der Waals surface area contributed by atoms with Gasteiger partial charge < -0.3 is 19.9 Å². The lowest BCUT2D eigenvalue weighted by Crippen LogP contribution is -2.45. The van der Waals surface area contributed by atoms with Gasteiger partial charge >= 0.3 is 0 Å². The molecule has 2 aromatic carbocycles. The van der Waals surface area contributed by atoms with E-state index in [1.807, 2.05) is 12.1 Å². The molecule has 7 nitrogen and oxygen atoms in total. The Balaban J connectivity index is 1.69. The second-order valence-corrected chi connectivity index (χ2v) is 7.32. The van der Waals surface area contributed by atoms with Crippen LogP contribution in [-0.4, -0.2) is 49.4 Å². The summed E-state index contributed by atoms with van der Waals surface area (Å²) < 4.78 is 5.60. The molecule has 1 heterocycles. The molecule has 3 amide bonds. The van der Waals surface area contributed by atoms with E-state index in [0.29, 0.717) is 27.7 Å². The fraction of sp³-hybridized carbons (Fsp3) is 0.286. The minimum absolute atomic E-state index is 0.0897. The van der Waals surface area contributed by atoms with Crippen LogP contribution in [0.15, 0.2) is 42.5 Å². The van der Waals surface area contributed by atoms with Gasteiger partial charge in [0.25, 0.3) is 11.8 Å². The smallest absolute Gasteiger partial charge is 0.267 e. The van der Waals surface area contributed by atoms with Crippen LogP contribution in [0, 0.1) is 0 Å². The molecule has 1 N–H and O–H groups in total. The normalized spacial score (nSPS) is 15.4. The molecule has 0 aliphatic carbocycles. The van der Waals surface area contributed by atoms with E-state index in [0.717, 1.165) is 0 Å². The highest BCUT2D eigenvalue weighted by atomic mass is 35.5. The van der Waals surface area contributed by atoms with Crippen LogP contribution >= 0.6 is 11.6 Å². The first-order valence-corrected chi connectivity index (χ1v) is 9.54. The molecule has 8 heteroatoms. The Hall–Kier alpha value is -3.06. The number of anilines is 2. The molecule has 0 radical (unpaired) electrons. The molecule has 2 aromatic rings. The van der Waals surface area contributed by atoms with Gasteiger partial charge in [0, 0.05) is 32.7 Å². The van der Waals surface area contributed by atoms with Crippen LogP contribution in [0.5, 0.6) is 5.75 Å². The van der Waals surface area contributed by atoms with E-state index in [9.17, 15) is 14.4 Å². The molecule has 1 aliphatic heterocycles. The third kappa shape index (κ3) is 4.51. The van der Waals surface area contributed by atoms with Crippen LogP contribution < -0.4 is 15.0 Å². The highest BCUT2D eigenvalue weighted by molar-refractivity contribution is 6.34. The second kappa shape index (κ2) is 8.53. The van der Waals surface area contributed by atoms with Crippen molar-refractivity contribution in [2.24, 2.45) is 0 Å². The molecular formula is C21H22ClN3O4. The van der Waals surface area contributed by atoms with Crippen molar-refractivity contribution >= 4 is 40.7 Å². The number of hydrogen-bond acceptors (Lipinski definition) is 4. The maximum atomic E-state index is 12.5. The lowest BCUT2D eigenvalue weighted by molar-refractivity contribution is -0.125. The molecule has 1 atom stereocenters. The van der Waals surface area contributed by atoms with Gasteiger partial charge in [0.05, 0.1) is 16.3 Å². The zero-order chi connectivity index (χ0) is 21.1. The second-order valence-electron chi connectivity index (χ2n) is 6.91. The topological polar surface area (TPSA) is 79.0 Å². The van der Waals surface area contributed by atoms with Gasteiger partial charge in [-0.05, 0) is 37.3 Å². The number of ether oxygens (including phenoxy) is 1. The number of carbonyl (C=O) groups excluding carboxylic acids is 3. The molecule has 0 saturated carbocycles. The molecule has 152 valence electrons. The predicted molar refractivity (Wildman–Crippen MR) is 112 cm³/mol. The molecule has 3 rings (SSSR count). The monoisotopic (exact) mass is 415 g/mol. The number of amides is 3. The molecular weight excluding hydrogens is 394 g/mol. The number of halogens is 1. The summed E-state index contributed by atoms with van der Waals surface area (Å²) in [5.41, 5.74) is 1.42. The molecule has 1 aliphatic rings. The minimum Gasteiger partial charge on any atom is -0.479 e. The Bertz CT molecular complexity index is 961. The van der Waals surface area contributed by atoms with E-state index < -0.39 is 6.10 Å². The van der Waals surface area contributed by atoms with Crippen molar-refractivity contribution in [3.63, 3.8) is 0 Å². The van der Waals surface area contributed by atoms with Crippen LogP contribution in [0.25, 0.3) is 0 Å². The third-order valence-electron chi connectivity index (χ3n) is 4.52. The van der Waals surface area contributed by atoms with Crippen molar-refractivity contribution in [1.82, 2.24) is 4.90 Å². The summed E-state index contributed by atoms with van der Waals surface area (Å²) in [6.07, 6.45) is -0.518. The van der Waals surface area contributed by atoms with Crippen molar-refractivity contribution in [2.45, 2.75) is 19.4 Å². The van der Waals surface area contributed by atoms with E-state index in [2.05, 4.69) is 5.32 Å². The molecule has 29 heavy (non-hydrogen) atoms. The van der Waals surface area contributed by atoms with Crippen molar-refractivity contribution in [2.75, 3.05) is 30.9 Å². The first-order valence-electron chi connectivity index (χ1n) is 9.16. The van der Waals surface area contributed by atoms with Crippen LogP contribution in [0.2, 0.25) is 5.02 Å². The van der Waals surface area contributed by atoms with Crippen molar-refractivity contribution in [1.29, 1.82) is 0 Å². The van der Waals surface area contributed by atoms with Gasteiger partial charge in [-0.2, -0.15) is 0 Å². The van der Waals surface area contributed by atoms with Gasteiger partial charge in [0.2, 0.25) is 5.91 Å². The van der Waals surface area contributed by atoms with Crippen LogP contribution in [0.4, 0.5) is 11.4 Å². The zero-order valence-electron chi connectivity index (χ0n) is 16.4. The first-order chi connectivity index (χ1) is 13.8. The molecule has 1 unspecified atom stereocenters. The number of nitrogens with one attached hydrogen (secondary N) is 1. The molecule has 0 bridgehead atoms. The maximum absolute atomic E-state index is 12.5. The first kappa shape index (κ1) is 20.7. The maximum Gasteiger partial charge on any atom is 0.267 e. The Morgan fingerprint density at radius 1 is 1.21 bits per heavy atom. The van der Waals surface area contributed by atoms with Gasteiger partial charge in [-0.25, -0.2) is 0 Å². The summed E-state index contributed by atoms with van der Waals surface area (Å²) in [5, 5.41) is 3.07. The highest BCUT2D eigenvalue weighted by Gasteiger charge is 2.31. The summed E-state index contributed by atoms with van der Waals surface area (Å²) in [5.74, 6) is -0.109. The van der Waals surface area contributed by atoms with Gasteiger partial charge in [0.1, 0.15) is 5.75 Å². The summed E-state index contributed by atoms with van der Waals surface area (Å²) in [6.45, 7) is 1.90. The standard InChI is InChI=1S/C21H22ClN3O4/c1-13-20(27)25(17-6-4-5-7-18(17)29-13)11-10-19(26)23-14-8-9-16(22)15(12-14)21(28)24(2)3/h4-9,12-13H,10-11H2,1-3H3,(H,23,26). The van der Waals surface area contributed by atoms with Gasteiger partial charge in [0.15, 0.2) is 6.10 Å². The number of carbonyl (C=O) groups is 3. The average molecular weight is 416 g/mol. The van der Waals surface area contributed by atoms with E-state index in [1.54, 1.807) is 56.3 Å². The van der Waals surface area contributed by atoms with Gasteiger partial charge in [-0.1, -0.05) is 23.7 Å². The van der Waals surface area contributed by atoms with Crippen LogP contribution in [0.3, 0.4) is 0 Å². The number of rotatable bonds is 5.